The molecule has 1 aromatic heterocycles. The highest BCUT2D eigenvalue weighted by atomic mass is 35.5. The van der Waals surface area contributed by atoms with Crippen molar-refractivity contribution >= 4 is 35.0 Å². The zero-order valence-electron chi connectivity index (χ0n) is 17.6. The van der Waals surface area contributed by atoms with Crippen molar-refractivity contribution < 1.29 is 14.3 Å². The quantitative estimate of drug-likeness (QED) is 0.602. The number of fused-ring (bicyclic) bond motifs is 1. The largest absolute Gasteiger partial charge is 0.465 e. The molecule has 1 N–H and O–H groups in total. The Kier molecular flexibility index (Phi) is 5.69. The second kappa shape index (κ2) is 8.43. The van der Waals surface area contributed by atoms with Gasteiger partial charge in [-0.1, -0.05) is 29.8 Å². The van der Waals surface area contributed by atoms with Crippen molar-refractivity contribution in [2.24, 2.45) is 0 Å². The molecule has 31 heavy (non-hydrogen) atoms. The van der Waals surface area contributed by atoms with Crippen LogP contribution in [0.1, 0.15) is 44.9 Å². The molecular formula is C23H23ClN4O3. The number of ether oxygens (including phenoxy) is 1. The number of nitrogens with one attached hydrogen (secondary N) is 1. The zero-order chi connectivity index (χ0) is 22.1. The van der Waals surface area contributed by atoms with Crippen LogP contribution in [0.15, 0.2) is 48.5 Å². The number of rotatable bonds is 5. The molecule has 1 amide bonds. The van der Waals surface area contributed by atoms with E-state index >= 15 is 0 Å². The van der Waals surface area contributed by atoms with Gasteiger partial charge in [-0.25, -0.2) is 9.48 Å². The summed E-state index contributed by atoms with van der Waals surface area (Å²) in [5.41, 5.74) is 3.50. The van der Waals surface area contributed by atoms with E-state index in [-0.39, 0.29) is 11.9 Å². The van der Waals surface area contributed by atoms with E-state index in [2.05, 4.69) is 15.3 Å². The van der Waals surface area contributed by atoms with Crippen LogP contribution in [-0.4, -0.2) is 35.3 Å². The number of carbonyl (C=O) groups excluding carboxylic acids is 2. The summed E-state index contributed by atoms with van der Waals surface area (Å²) < 4.78 is 6.59. The minimum Gasteiger partial charge on any atom is -0.465 e. The Morgan fingerprint density at radius 2 is 1.90 bits per heavy atom. The third-order valence-electron chi connectivity index (χ3n) is 5.42. The fraction of sp³-hybridized carbons (Fsp3) is 0.261. The van der Waals surface area contributed by atoms with Crippen molar-refractivity contribution in [3.8, 4) is 0 Å². The van der Waals surface area contributed by atoms with Crippen molar-refractivity contribution in [3.63, 3.8) is 0 Å². The van der Waals surface area contributed by atoms with E-state index in [1.54, 1.807) is 12.1 Å². The molecule has 0 spiro atoms. The number of anilines is 2. The van der Waals surface area contributed by atoms with Crippen LogP contribution in [0.5, 0.6) is 0 Å². The van der Waals surface area contributed by atoms with Crippen molar-refractivity contribution in [3.05, 3.63) is 75.9 Å². The van der Waals surface area contributed by atoms with Gasteiger partial charge in [-0.15, -0.1) is 0 Å². The molecule has 0 radical (unpaired) electrons. The van der Waals surface area contributed by atoms with Crippen molar-refractivity contribution in [2.75, 3.05) is 18.6 Å². The molecule has 8 heteroatoms. The van der Waals surface area contributed by atoms with Gasteiger partial charge in [-0.05, 0) is 49.7 Å². The maximum Gasteiger partial charge on any atom is 0.337 e. The van der Waals surface area contributed by atoms with Crippen LogP contribution in [0.25, 0.3) is 0 Å². The highest BCUT2D eigenvalue weighted by Crippen LogP contribution is 2.35. The first-order valence-corrected chi connectivity index (χ1v) is 10.4. The molecule has 0 bridgehead atoms. The molecule has 2 aromatic carbocycles. The lowest BCUT2D eigenvalue weighted by Crippen LogP contribution is -2.28. The highest BCUT2D eigenvalue weighted by molar-refractivity contribution is 6.30. The summed E-state index contributed by atoms with van der Waals surface area (Å²) in [6, 6.07) is 14.3. The number of amides is 1. The molecule has 0 saturated heterocycles. The minimum absolute atomic E-state index is 0.197. The van der Waals surface area contributed by atoms with Gasteiger partial charge in [-0.3, -0.25) is 4.79 Å². The molecule has 0 saturated carbocycles. The fourth-order valence-electron chi connectivity index (χ4n) is 3.84. The Hall–Kier alpha value is -3.32. The van der Waals surface area contributed by atoms with Gasteiger partial charge in [-0.2, -0.15) is 5.10 Å². The summed E-state index contributed by atoms with van der Waals surface area (Å²) in [5.74, 6) is 0.179. The SMILES string of the molecule is COC(=O)c1ccc([C@H](C)NC(=O)c2c(C)nn3c2N(c2cccc(Cl)c2)CC3)cc1. The molecule has 160 valence electrons. The summed E-state index contributed by atoms with van der Waals surface area (Å²) >= 11 is 6.18. The fourth-order valence-corrected chi connectivity index (χ4v) is 4.02. The van der Waals surface area contributed by atoms with Crippen molar-refractivity contribution in [1.82, 2.24) is 15.1 Å². The van der Waals surface area contributed by atoms with Gasteiger partial charge >= 0.3 is 5.97 Å². The van der Waals surface area contributed by atoms with E-state index in [1.807, 2.05) is 54.9 Å². The van der Waals surface area contributed by atoms with E-state index in [1.165, 1.54) is 7.11 Å². The molecule has 2 heterocycles. The average molecular weight is 439 g/mol. The third-order valence-corrected chi connectivity index (χ3v) is 5.65. The normalized spacial score (nSPS) is 13.6. The van der Waals surface area contributed by atoms with Crippen LogP contribution >= 0.6 is 11.6 Å². The number of nitrogens with zero attached hydrogens (tertiary/aromatic N) is 3. The molecular weight excluding hydrogens is 416 g/mol. The Bertz CT molecular complexity index is 1140. The van der Waals surface area contributed by atoms with Gasteiger partial charge in [0, 0.05) is 17.3 Å². The van der Waals surface area contributed by atoms with Crippen LogP contribution in [0.2, 0.25) is 5.02 Å². The van der Waals surface area contributed by atoms with Crippen LogP contribution in [0, 0.1) is 6.92 Å². The lowest BCUT2D eigenvalue weighted by Gasteiger charge is -2.20. The molecule has 0 fully saturated rings. The zero-order valence-corrected chi connectivity index (χ0v) is 18.3. The summed E-state index contributed by atoms with van der Waals surface area (Å²) in [5, 5.41) is 8.26. The van der Waals surface area contributed by atoms with Crippen LogP contribution in [0.4, 0.5) is 11.5 Å². The average Bonchev–Trinajstić information content (AvgIpc) is 3.30. The number of halogens is 1. The number of esters is 1. The Balaban J connectivity index is 1.58. The number of hydrogen-bond donors (Lipinski definition) is 1. The smallest absolute Gasteiger partial charge is 0.337 e. The molecule has 1 aliphatic heterocycles. The second-order valence-electron chi connectivity index (χ2n) is 7.45. The first-order valence-electron chi connectivity index (χ1n) is 9.98. The summed E-state index contributed by atoms with van der Waals surface area (Å²) in [6.07, 6.45) is 0. The van der Waals surface area contributed by atoms with E-state index in [9.17, 15) is 9.59 Å². The van der Waals surface area contributed by atoms with Crippen LogP contribution in [-0.2, 0) is 11.3 Å². The number of aromatic nitrogens is 2. The number of aryl methyl sites for hydroxylation is 1. The predicted molar refractivity (Wildman–Crippen MR) is 119 cm³/mol. The van der Waals surface area contributed by atoms with E-state index < -0.39 is 5.97 Å². The van der Waals surface area contributed by atoms with E-state index in [0.717, 1.165) is 17.1 Å². The van der Waals surface area contributed by atoms with Gasteiger partial charge in [0.25, 0.3) is 5.91 Å². The summed E-state index contributed by atoms with van der Waals surface area (Å²) in [7, 11) is 1.35. The minimum atomic E-state index is -0.393. The predicted octanol–water partition coefficient (Wildman–Crippen LogP) is 4.27. The molecule has 7 nitrogen and oxygen atoms in total. The molecule has 1 aliphatic rings. The van der Waals surface area contributed by atoms with Gasteiger partial charge in [0.1, 0.15) is 11.4 Å². The topological polar surface area (TPSA) is 76.5 Å². The highest BCUT2D eigenvalue weighted by Gasteiger charge is 2.31. The molecule has 4 rings (SSSR count). The van der Waals surface area contributed by atoms with Crippen LogP contribution in [0.3, 0.4) is 0 Å². The third kappa shape index (κ3) is 4.01. The van der Waals surface area contributed by atoms with Gasteiger partial charge in [0.2, 0.25) is 0 Å². The molecule has 0 aliphatic carbocycles. The van der Waals surface area contributed by atoms with Crippen molar-refractivity contribution in [1.29, 1.82) is 0 Å². The lowest BCUT2D eigenvalue weighted by molar-refractivity contribution is 0.0600. The summed E-state index contributed by atoms with van der Waals surface area (Å²) in [4.78, 5) is 26.9. The van der Waals surface area contributed by atoms with Crippen LogP contribution < -0.4 is 10.2 Å². The standard InChI is InChI=1S/C23H23ClN4O3/c1-14(16-7-9-17(10-8-16)23(30)31-3)25-21(29)20-15(2)26-28-12-11-27(22(20)28)19-6-4-5-18(24)13-19/h4-10,13-14H,11-12H2,1-3H3,(H,25,29)/t14-/m0/s1. The number of carbonyl (C=O) groups is 2. The van der Waals surface area contributed by atoms with Gasteiger partial charge < -0.3 is 15.0 Å². The number of methoxy groups -OCH3 is 1. The Morgan fingerprint density at radius 3 is 2.58 bits per heavy atom. The molecule has 0 unspecified atom stereocenters. The lowest BCUT2D eigenvalue weighted by atomic mass is 10.1. The molecule has 3 aromatic rings. The number of benzene rings is 2. The van der Waals surface area contributed by atoms with Crippen molar-refractivity contribution in [2.45, 2.75) is 26.4 Å². The Morgan fingerprint density at radius 1 is 1.16 bits per heavy atom. The van der Waals surface area contributed by atoms with Gasteiger partial charge in [0.15, 0.2) is 0 Å². The Labute approximate surface area is 185 Å². The van der Waals surface area contributed by atoms with E-state index in [0.29, 0.717) is 34.9 Å². The monoisotopic (exact) mass is 438 g/mol. The molecule has 1 atom stereocenters. The summed E-state index contributed by atoms with van der Waals surface area (Å²) in [6.45, 7) is 5.15. The maximum atomic E-state index is 13.2. The van der Waals surface area contributed by atoms with E-state index in [4.69, 9.17) is 16.3 Å². The maximum absolute atomic E-state index is 13.2. The first kappa shape index (κ1) is 20.9. The second-order valence-corrected chi connectivity index (χ2v) is 7.88. The first-order chi connectivity index (χ1) is 14.9. The van der Waals surface area contributed by atoms with Gasteiger partial charge in [0.05, 0.1) is 31.0 Å². The number of hydrogen-bond acceptors (Lipinski definition) is 5.